The first-order valence-electron chi connectivity index (χ1n) is 12.3. The van der Waals surface area contributed by atoms with Crippen molar-refractivity contribution in [3.63, 3.8) is 0 Å². The van der Waals surface area contributed by atoms with Crippen molar-refractivity contribution in [2.45, 2.75) is 20.0 Å². The van der Waals surface area contributed by atoms with Crippen LogP contribution in [0.4, 0.5) is 5.13 Å². The van der Waals surface area contributed by atoms with Crippen molar-refractivity contribution in [2.75, 3.05) is 19.0 Å². The first-order valence-corrected chi connectivity index (χ1v) is 13.1. The Hall–Kier alpha value is -4.43. The van der Waals surface area contributed by atoms with E-state index >= 15 is 0 Å². The fourth-order valence-corrected chi connectivity index (χ4v) is 5.20. The maximum atomic E-state index is 13.3. The molecule has 0 radical (unpaired) electrons. The number of esters is 1. The first kappa shape index (κ1) is 25.2. The van der Waals surface area contributed by atoms with Crippen molar-refractivity contribution in [2.24, 2.45) is 0 Å². The van der Waals surface area contributed by atoms with Crippen LogP contribution in [0.3, 0.4) is 0 Å². The van der Waals surface area contributed by atoms with Gasteiger partial charge in [0.25, 0.3) is 0 Å². The molecule has 0 fully saturated rings. The van der Waals surface area contributed by atoms with Gasteiger partial charge in [-0.25, -0.2) is 9.78 Å². The van der Waals surface area contributed by atoms with Crippen LogP contribution in [0.1, 0.15) is 28.4 Å². The highest BCUT2D eigenvalue weighted by atomic mass is 32.1. The van der Waals surface area contributed by atoms with Crippen LogP contribution in [-0.2, 0) is 17.8 Å². The highest BCUT2D eigenvalue weighted by Gasteiger charge is 2.20. The number of rotatable bonds is 9. The fourth-order valence-electron chi connectivity index (χ4n) is 4.26. The summed E-state index contributed by atoms with van der Waals surface area (Å²) < 4.78 is 12.3. The van der Waals surface area contributed by atoms with Crippen molar-refractivity contribution in [3.05, 3.63) is 112 Å². The Morgan fingerprint density at radius 1 is 1.00 bits per heavy atom. The molecule has 0 aliphatic carbocycles. The molecular formula is C30H27N3O4S. The molecule has 192 valence electrons. The van der Waals surface area contributed by atoms with Crippen molar-refractivity contribution >= 4 is 32.8 Å². The zero-order chi connectivity index (χ0) is 26.5. The van der Waals surface area contributed by atoms with Crippen molar-refractivity contribution in [1.29, 1.82) is 0 Å². The Balaban J connectivity index is 1.54. The average Bonchev–Trinajstić information content (AvgIpc) is 3.40. The molecule has 0 aliphatic heterocycles. The molecule has 0 unspecified atom stereocenters. The van der Waals surface area contributed by atoms with Crippen molar-refractivity contribution < 1.29 is 14.3 Å². The Morgan fingerprint density at radius 2 is 1.74 bits per heavy atom. The third-order valence-electron chi connectivity index (χ3n) is 6.16. The zero-order valence-electron chi connectivity index (χ0n) is 21.1. The third kappa shape index (κ3) is 5.31. The molecule has 0 saturated heterocycles. The number of carbonyl (C=O) groups is 1. The van der Waals surface area contributed by atoms with Gasteiger partial charge in [-0.05, 0) is 41.3 Å². The third-order valence-corrected chi connectivity index (χ3v) is 7.21. The number of thiazole rings is 1. The summed E-state index contributed by atoms with van der Waals surface area (Å²) in [6, 6.07) is 26.0. The summed E-state index contributed by atoms with van der Waals surface area (Å²) in [6.07, 6.45) is 1.59. The van der Waals surface area contributed by atoms with Crippen LogP contribution in [0.25, 0.3) is 21.5 Å². The Labute approximate surface area is 224 Å². The number of aromatic nitrogens is 2. The number of anilines is 1. The molecule has 7 nitrogen and oxygen atoms in total. The molecule has 2 aromatic heterocycles. The molecule has 0 bridgehead atoms. The van der Waals surface area contributed by atoms with E-state index in [9.17, 15) is 9.59 Å². The lowest BCUT2D eigenvalue weighted by Gasteiger charge is -2.14. The summed E-state index contributed by atoms with van der Waals surface area (Å²) in [6.45, 7) is 2.88. The maximum absolute atomic E-state index is 13.3. The molecule has 5 rings (SSSR count). The Morgan fingerprint density at radius 3 is 2.47 bits per heavy atom. The molecule has 5 aromatic rings. The van der Waals surface area contributed by atoms with E-state index in [-0.39, 0.29) is 17.7 Å². The fraction of sp³-hybridized carbons (Fsp3) is 0.167. The van der Waals surface area contributed by atoms with E-state index in [1.807, 2.05) is 59.2 Å². The lowest BCUT2D eigenvalue weighted by molar-refractivity contribution is 0.0524. The number of fused-ring (bicyclic) bond motifs is 1. The second-order valence-corrected chi connectivity index (χ2v) is 9.60. The number of nitrogens with one attached hydrogen (secondary N) is 1. The van der Waals surface area contributed by atoms with Crippen LogP contribution in [-0.4, -0.2) is 29.2 Å². The molecule has 0 amide bonds. The van der Waals surface area contributed by atoms with Crippen LogP contribution < -0.4 is 15.5 Å². The van der Waals surface area contributed by atoms with Crippen molar-refractivity contribution in [1.82, 2.24) is 9.55 Å². The molecule has 8 heteroatoms. The van der Waals surface area contributed by atoms with Gasteiger partial charge in [-0.15, -0.1) is 0 Å². The van der Waals surface area contributed by atoms with Gasteiger partial charge in [0, 0.05) is 19.3 Å². The summed E-state index contributed by atoms with van der Waals surface area (Å²) >= 11 is 1.38. The van der Waals surface area contributed by atoms with E-state index in [0.29, 0.717) is 23.1 Å². The second-order valence-electron chi connectivity index (χ2n) is 8.62. The van der Waals surface area contributed by atoms with Crippen LogP contribution >= 0.6 is 11.3 Å². The summed E-state index contributed by atoms with van der Waals surface area (Å²) in [5.41, 5.74) is 4.07. The minimum atomic E-state index is -0.648. The topological polar surface area (TPSA) is 82.4 Å². The van der Waals surface area contributed by atoms with Gasteiger partial charge in [0.05, 0.1) is 13.7 Å². The number of carbonyl (C=O) groups excluding carboxylic acids is 1. The van der Waals surface area contributed by atoms with Crippen LogP contribution in [0.5, 0.6) is 5.75 Å². The monoisotopic (exact) mass is 525 g/mol. The second kappa shape index (κ2) is 11.3. The quantitative estimate of drug-likeness (QED) is 0.239. The van der Waals surface area contributed by atoms with Crippen LogP contribution in [0.15, 0.2) is 89.9 Å². The van der Waals surface area contributed by atoms with Gasteiger partial charge in [-0.3, -0.25) is 4.79 Å². The van der Waals surface area contributed by atoms with Crippen LogP contribution in [0.2, 0.25) is 0 Å². The van der Waals surface area contributed by atoms with Gasteiger partial charge in [0.1, 0.15) is 21.7 Å². The number of ether oxygens (including phenoxy) is 2. The van der Waals surface area contributed by atoms with Gasteiger partial charge < -0.3 is 19.4 Å². The Bertz CT molecular complexity index is 1630. The molecule has 0 aliphatic rings. The largest absolute Gasteiger partial charge is 0.497 e. The smallest absolute Gasteiger partial charge is 0.343 e. The predicted molar refractivity (Wildman–Crippen MR) is 151 cm³/mol. The van der Waals surface area contributed by atoms with Crippen LogP contribution in [0, 0.1) is 0 Å². The number of methoxy groups -OCH3 is 1. The summed E-state index contributed by atoms with van der Waals surface area (Å²) in [7, 11) is 1.63. The normalized spacial score (nSPS) is 10.9. The molecule has 2 heterocycles. The average molecular weight is 526 g/mol. The SMILES string of the molecule is CCOC(=O)c1cn(Cc2ccccc2-c2ccccc2)c2sc(NCc3ccc(OC)cc3)nc2c1=O. The number of hydrogen-bond acceptors (Lipinski definition) is 7. The van der Waals surface area contributed by atoms with Gasteiger partial charge in [0.2, 0.25) is 5.43 Å². The summed E-state index contributed by atoms with van der Waals surface area (Å²) in [5.74, 6) is 0.137. The van der Waals surface area contributed by atoms with E-state index < -0.39 is 11.4 Å². The first-order chi connectivity index (χ1) is 18.6. The number of nitrogens with zero attached hydrogens (tertiary/aromatic N) is 2. The van der Waals surface area contributed by atoms with E-state index in [2.05, 4.69) is 34.6 Å². The standard InChI is InChI=1S/C30H27N3O4S/c1-3-37-29(35)25-19-33(18-22-11-7-8-12-24(22)21-9-5-4-6-10-21)28-26(27(25)34)32-30(38-28)31-17-20-13-15-23(36-2)16-14-20/h4-16,19H,3,17-18H2,1-2H3,(H,31,32). The minimum absolute atomic E-state index is 0.0245. The zero-order valence-corrected chi connectivity index (χ0v) is 22.0. The molecule has 1 N–H and O–H groups in total. The molecule has 3 aromatic carbocycles. The van der Waals surface area contributed by atoms with Crippen molar-refractivity contribution in [3.8, 4) is 16.9 Å². The number of benzene rings is 3. The van der Waals surface area contributed by atoms with Gasteiger partial charge in [0.15, 0.2) is 5.13 Å². The van der Waals surface area contributed by atoms with Gasteiger partial charge in [-0.1, -0.05) is 78.1 Å². The van der Waals surface area contributed by atoms with E-state index in [1.165, 1.54) is 11.3 Å². The molecule has 38 heavy (non-hydrogen) atoms. The van der Waals surface area contributed by atoms with E-state index in [4.69, 9.17) is 9.47 Å². The van der Waals surface area contributed by atoms with E-state index in [0.717, 1.165) is 28.0 Å². The molecule has 0 atom stereocenters. The van der Waals surface area contributed by atoms with Gasteiger partial charge >= 0.3 is 5.97 Å². The lowest BCUT2D eigenvalue weighted by Crippen LogP contribution is -2.21. The Kier molecular flexibility index (Phi) is 7.51. The predicted octanol–water partition coefficient (Wildman–Crippen LogP) is 5.97. The highest BCUT2D eigenvalue weighted by Crippen LogP contribution is 2.29. The minimum Gasteiger partial charge on any atom is -0.497 e. The number of pyridine rings is 1. The summed E-state index contributed by atoms with van der Waals surface area (Å²) in [4.78, 5) is 31.2. The summed E-state index contributed by atoms with van der Waals surface area (Å²) in [5, 5.41) is 3.91. The molecular weight excluding hydrogens is 498 g/mol. The number of hydrogen-bond donors (Lipinski definition) is 1. The van der Waals surface area contributed by atoms with Gasteiger partial charge in [-0.2, -0.15) is 0 Å². The van der Waals surface area contributed by atoms with E-state index in [1.54, 1.807) is 20.2 Å². The maximum Gasteiger partial charge on any atom is 0.343 e. The molecule has 0 saturated carbocycles. The highest BCUT2D eigenvalue weighted by molar-refractivity contribution is 7.21. The lowest BCUT2D eigenvalue weighted by atomic mass is 9.99. The molecule has 0 spiro atoms.